The molecule has 0 saturated heterocycles. The van der Waals surface area contributed by atoms with Crippen LogP contribution in [0.1, 0.15) is 12.0 Å². The monoisotopic (exact) mass is 242 g/mol. The highest BCUT2D eigenvalue weighted by molar-refractivity contribution is 8.13. The standard InChI is InChI=1S/C7H5ClF2O3S/c8-14(12,13)6-3-4(7(9)10)1-2-5(6)11/h1-3,7,11H. The Morgan fingerprint density at radius 3 is 2.36 bits per heavy atom. The average Bonchev–Trinajstić information content (AvgIpc) is 2.02. The van der Waals surface area contributed by atoms with Gasteiger partial charge in [0.1, 0.15) is 10.6 Å². The molecular formula is C7H5ClF2O3S. The summed E-state index contributed by atoms with van der Waals surface area (Å²) in [5, 5.41) is 9.04. The van der Waals surface area contributed by atoms with Gasteiger partial charge in [-0.25, -0.2) is 17.2 Å². The van der Waals surface area contributed by atoms with E-state index >= 15 is 0 Å². The fraction of sp³-hybridized carbons (Fsp3) is 0.143. The van der Waals surface area contributed by atoms with Crippen LogP contribution < -0.4 is 0 Å². The molecule has 0 bridgehead atoms. The number of hydrogen-bond acceptors (Lipinski definition) is 3. The fourth-order valence-electron chi connectivity index (χ4n) is 0.862. The summed E-state index contributed by atoms with van der Waals surface area (Å²) in [7, 11) is 0.707. The SMILES string of the molecule is O=S(=O)(Cl)c1cc(C(F)F)ccc1O. The van der Waals surface area contributed by atoms with Crippen molar-refractivity contribution < 1.29 is 22.3 Å². The Balaban J connectivity index is 3.37. The van der Waals surface area contributed by atoms with Crippen molar-refractivity contribution in [1.82, 2.24) is 0 Å². The van der Waals surface area contributed by atoms with Gasteiger partial charge < -0.3 is 5.11 Å². The van der Waals surface area contributed by atoms with E-state index in [9.17, 15) is 17.2 Å². The molecule has 14 heavy (non-hydrogen) atoms. The van der Waals surface area contributed by atoms with E-state index < -0.39 is 31.7 Å². The van der Waals surface area contributed by atoms with Gasteiger partial charge in [-0.2, -0.15) is 0 Å². The van der Waals surface area contributed by atoms with Gasteiger partial charge in [-0.3, -0.25) is 0 Å². The van der Waals surface area contributed by atoms with Crippen LogP contribution >= 0.6 is 10.7 Å². The molecule has 0 aliphatic carbocycles. The molecule has 0 saturated carbocycles. The minimum Gasteiger partial charge on any atom is -0.507 e. The van der Waals surface area contributed by atoms with Crippen molar-refractivity contribution in [3.05, 3.63) is 23.8 Å². The van der Waals surface area contributed by atoms with Gasteiger partial charge in [-0.1, -0.05) is 0 Å². The first-order valence-electron chi connectivity index (χ1n) is 3.38. The summed E-state index contributed by atoms with van der Waals surface area (Å²) in [6.07, 6.45) is -2.81. The zero-order valence-electron chi connectivity index (χ0n) is 6.62. The molecular weight excluding hydrogens is 238 g/mol. The van der Waals surface area contributed by atoms with Crippen LogP contribution in [0.3, 0.4) is 0 Å². The predicted octanol–water partition coefficient (Wildman–Crippen LogP) is 2.26. The average molecular weight is 243 g/mol. The minimum absolute atomic E-state index is 0.512. The quantitative estimate of drug-likeness (QED) is 0.810. The lowest BCUT2D eigenvalue weighted by Gasteiger charge is -2.03. The first-order chi connectivity index (χ1) is 6.32. The molecule has 7 heteroatoms. The van der Waals surface area contributed by atoms with Crippen LogP contribution in [-0.4, -0.2) is 13.5 Å². The molecule has 1 aromatic rings. The first-order valence-corrected chi connectivity index (χ1v) is 5.69. The van der Waals surface area contributed by atoms with Crippen LogP contribution in [0.25, 0.3) is 0 Å². The predicted molar refractivity (Wildman–Crippen MR) is 46.1 cm³/mol. The third-order valence-corrected chi connectivity index (χ3v) is 2.85. The van der Waals surface area contributed by atoms with E-state index in [4.69, 9.17) is 15.8 Å². The second kappa shape index (κ2) is 3.70. The van der Waals surface area contributed by atoms with E-state index in [0.29, 0.717) is 6.07 Å². The Labute approximate surface area is 83.4 Å². The van der Waals surface area contributed by atoms with Crippen LogP contribution in [0, 0.1) is 0 Å². The third kappa shape index (κ3) is 2.33. The summed E-state index contributed by atoms with van der Waals surface area (Å²) < 4.78 is 45.9. The number of aromatic hydroxyl groups is 1. The van der Waals surface area contributed by atoms with Gasteiger partial charge in [0, 0.05) is 16.2 Å². The van der Waals surface area contributed by atoms with Gasteiger partial charge in [0.2, 0.25) is 0 Å². The molecule has 0 fully saturated rings. The Kier molecular flexibility index (Phi) is 2.96. The number of phenols is 1. The summed E-state index contributed by atoms with van der Waals surface area (Å²) in [6.45, 7) is 0. The van der Waals surface area contributed by atoms with E-state index in [0.717, 1.165) is 12.1 Å². The molecule has 0 unspecified atom stereocenters. The van der Waals surface area contributed by atoms with E-state index in [1.165, 1.54) is 0 Å². The van der Waals surface area contributed by atoms with Crippen LogP contribution in [0.15, 0.2) is 23.1 Å². The maximum absolute atomic E-state index is 12.1. The molecule has 0 atom stereocenters. The summed E-state index contributed by atoms with van der Waals surface area (Å²) in [5.74, 6) is -0.649. The zero-order chi connectivity index (χ0) is 10.9. The number of rotatable bonds is 2. The first kappa shape index (κ1) is 11.2. The number of alkyl halides is 2. The summed E-state index contributed by atoms with van der Waals surface area (Å²) in [5.41, 5.74) is -0.512. The Bertz CT molecular complexity index is 444. The van der Waals surface area contributed by atoms with Gasteiger partial charge in [0.15, 0.2) is 0 Å². The number of halogens is 3. The topological polar surface area (TPSA) is 54.4 Å². The van der Waals surface area contributed by atoms with Gasteiger partial charge in [0.05, 0.1) is 0 Å². The number of hydrogen-bond donors (Lipinski definition) is 1. The molecule has 0 aromatic heterocycles. The summed E-state index contributed by atoms with van der Waals surface area (Å²) in [6, 6.07) is 2.42. The van der Waals surface area contributed by atoms with Crippen LogP contribution in [-0.2, 0) is 9.05 Å². The highest BCUT2D eigenvalue weighted by Gasteiger charge is 2.18. The molecule has 1 N–H and O–H groups in total. The van der Waals surface area contributed by atoms with Crippen molar-refractivity contribution in [2.24, 2.45) is 0 Å². The summed E-state index contributed by atoms with van der Waals surface area (Å²) in [4.78, 5) is -0.711. The van der Waals surface area contributed by atoms with E-state index in [2.05, 4.69) is 0 Å². The fourth-order valence-corrected chi connectivity index (χ4v) is 1.83. The van der Waals surface area contributed by atoms with Crippen molar-refractivity contribution in [2.75, 3.05) is 0 Å². The highest BCUT2D eigenvalue weighted by Crippen LogP contribution is 2.30. The molecule has 0 spiro atoms. The Morgan fingerprint density at radius 2 is 1.93 bits per heavy atom. The smallest absolute Gasteiger partial charge is 0.264 e. The maximum atomic E-state index is 12.1. The normalized spacial score (nSPS) is 12.0. The number of benzene rings is 1. The van der Waals surface area contributed by atoms with Crippen molar-refractivity contribution in [1.29, 1.82) is 0 Å². The van der Waals surface area contributed by atoms with E-state index in [1.54, 1.807) is 0 Å². The Hall–Kier alpha value is -0.880. The minimum atomic E-state index is -4.20. The lowest BCUT2D eigenvalue weighted by molar-refractivity contribution is 0.151. The molecule has 1 aromatic carbocycles. The van der Waals surface area contributed by atoms with Crippen molar-refractivity contribution >= 4 is 19.7 Å². The lowest BCUT2D eigenvalue weighted by Crippen LogP contribution is -1.94. The second-order valence-corrected chi connectivity index (χ2v) is 5.00. The van der Waals surface area contributed by atoms with Crippen LogP contribution in [0.4, 0.5) is 8.78 Å². The zero-order valence-corrected chi connectivity index (χ0v) is 8.19. The Morgan fingerprint density at radius 1 is 1.36 bits per heavy atom. The molecule has 0 amide bonds. The molecule has 3 nitrogen and oxygen atoms in total. The largest absolute Gasteiger partial charge is 0.507 e. The van der Waals surface area contributed by atoms with Crippen LogP contribution in [0.2, 0.25) is 0 Å². The molecule has 0 radical (unpaired) electrons. The van der Waals surface area contributed by atoms with Crippen molar-refractivity contribution in [2.45, 2.75) is 11.3 Å². The second-order valence-electron chi connectivity index (χ2n) is 2.47. The molecule has 0 aliphatic rings. The third-order valence-electron chi connectivity index (χ3n) is 1.50. The van der Waals surface area contributed by atoms with Gasteiger partial charge in [0.25, 0.3) is 15.5 Å². The van der Waals surface area contributed by atoms with Crippen LogP contribution in [0.5, 0.6) is 5.75 Å². The van der Waals surface area contributed by atoms with Crippen molar-refractivity contribution in [3.8, 4) is 5.75 Å². The molecule has 0 aliphatic heterocycles. The van der Waals surface area contributed by atoms with Gasteiger partial charge in [-0.05, 0) is 18.2 Å². The number of phenolic OH excluding ortho intramolecular Hbond substituents is 1. The molecule has 1 rings (SSSR count). The van der Waals surface area contributed by atoms with E-state index in [1.807, 2.05) is 0 Å². The van der Waals surface area contributed by atoms with E-state index in [-0.39, 0.29) is 0 Å². The molecule has 0 heterocycles. The highest BCUT2D eigenvalue weighted by atomic mass is 35.7. The molecule has 78 valence electrons. The van der Waals surface area contributed by atoms with Gasteiger partial charge >= 0.3 is 0 Å². The van der Waals surface area contributed by atoms with Gasteiger partial charge in [-0.15, -0.1) is 0 Å². The summed E-state index contributed by atoms with van der Waals surface area (Å²) >= 11 is 0. The van der Waals surface area contributed by atoms with Crippen molar-refractivity contribution in [3.63, 3.8) is 0 Å². The lowest BCUT2D eigenvalue weighted by atomic mass is 10.2. The maximum Gasteiger partial charge on any atom is 0.264 e.